The van der Waals surface area contributed by atoms with Gasteiger partial charge < -0.3 is 10.2 Å². The van der Waals surface area contributed by atoms with E-state index in [9.17, 15) is 14.0 Å². The van der Waals surface area contributed by atoms with Crippen LogP contribution >= 0.6 is 11.6 Å². The number of carbonyl (C=O) groups is 2. The van der Waals surface area contributed by atoms with E-state index in [1.165, 1.54) is 30.0 Å². The number of carbonyl (C=O) groups excluding carboxylic acids is 2. The average molecular weight is 315 g/mol. The molecule has 0 aliphatic rings. The van der Waals surface area contributed by atoms with Crippen molar-refractivity contribution in [3.05, 3.63) is 29.0 Å². The first-order valence-corrected chi connectivity index (χ1v) is 7.19. The summed E-state index contributed by atoms with van der Waals surface area (Å²) in [6, 6.07) is 4.05. The van der Waals surface area contributed by atoms with E-state index in [1.807, 2.05) is 13.8 Å². The summed E-state index contributed by atoms with van der Waals surface area (Å²) in [5, 5.41) is 2.73. The van der Waals surface area contributed by atoms with Gasteiger partial charge in [0.1, 0.15) is 5.82 Å². The maximum absolute atomic E-state index is 13.2. The number of halogens is 2. The van der Waals surface area contributed by atoms with Crippen LogP contribution < -0.4 is 10.2 Å². The second-order valence-corrected chi connectivity index (χ2v) is 5.62. The van der Waals surface area contributed by atoms with Crippen molar-refractivity contribution in [1.29, 1.82) is 0 Å². The van der Waals surface area contributed by atoms with Gasteiger partial charge >= 0.3 is 0 Å². The summed E-state index contributed by atoms with van der Waals surface area (Å²) in [7, 11) is 0. The van der Waals surface area contributed by atoms with Crippen LogP contribution in [0.2, 0.25) is 5.02 Å². The Labute approximate surface area is 129 Å². The molecule has 0 aliphatic carbocycles. The Morgan fingerprint density at radius 3 is 2.57 bits per heavy atom. The van der Waals surface area contributed by atoms with Gasteiger partial charge in [-0.25, -0.2) is 4.39 Å². The van der Waals surface area contributed by atoms with Crippen LogP contribution in [0.1, 0.15) is 27.2 Å². The monoisotopic (exact) mass is 314 g/mol. The fraction of sp³-hybridized carbons (Fsp3) is 0.467. The van der Waals surface area contributed by atoms with Gasteiger partial charge in [-0.2, -0.15) is 0 Å². The number of amides is 2. The molecule has 0 aliphatic heterocycles. The zero-order valence-corrected chi connectivity index (χ0v) is 13.2. The van der Waals surface area contributed by atoms with Gasteiger partial charge in [-0.1, -0.05) is 25.4 Å². The first kappa shape index (κ1) is 17.4. The first-order valence-electron chi connectivity index (χ1n) is 6.81. The van der Waals surface area contributed by atoms with E-state index in [0.717, 1.165) is 0 Å². The zero-order valence-electron chi connectivity index (χ0n) is 12.5. The summed E-state index contributed by atoms with van der Waals surface area (Å²) >= 11 is 5.72. The summed E-state index contributed by atoms with van der Waals surface area (Å²) < 4.78 is 13.2. The Morgan fingerprint density at radius 1 is 1.38 bits per heavy atom. The van der Waals surface area contributed by atoms with E-state index in [2.05, 4.69) is 5.32 Å². The molecule has 1 rings (SSSR count). The third-order valence-electron chi connectivity index (χ3n) is 2.86. The molecular formula is C15H20ClFN2O2. The Morgan fingerprint density at radius 2 is 2.05 bits per heavy atom. The number of benzene rings is 1. The van der Waals surface area contributed by atoms with Crippen LogP contribution in [0.3, 0.4) is 0 Å². The molecule has 0 aromatic heterocycles. The van der Waals surface area contributed by atoms with Crippen LogP contribution in [0.5, 0.6) is 0 Å². The van der Waals surface area contributed by atoms with Gasteiger partial charge in [0.25, 0.3) is 0 Å². The normalized spacial score (nSPS) is 10.6. The van der Waals surface area contributed by atoms with Crippen molar-refractivity contribution in [2.24, 2.45) is 5.92 Å². The molecule has 0 radical (unpaired) electrons. The van der Waals surface area contributed by atoms with E-state index in [1.54, 1.807) is 0 Å². The van der Waals surface area contributed by atoms with Gasteiger partial charge in [0.15, 0.2) is 0 Å². The SMILES string of the molecule is CC(=O)N(CCC(=O)NCC(C)C)c1ccc(F)c(Cl)c1. The summed E-state index contributed by atoms with van der Waals surface area (Å²) in [6.45, 7) is 6.22. The van der Waals surface area contributed by atoms with Gasteiger partial charge in [0.2, 0.25) is 11.8 Å². The summed E-state index contributed by atoms with van der Waals surface area (Å²) in [5.41, 5.74) is 0.477. The molecule has 0 saturated heterocycles. The highest BCUT2D eigenvalue weighted by atomic mass is 35.5. The standard InChI is InChI=1S/C15H20ClFN2O2/c1-10(2)9-18-15(21)6-7-19(11(3)20)12-4-5-14(17)13(16)8-12/h4-5,8,10H,6-7,9H2,1-3H3,(H,18,21). The summed E-state index contributed by atoms with van der Waals surface area (Å²) in [5.74, 6) is -0.523. The lowest BCUT2D eigenvalue weighted by Gasteiger charge is -2.21. The van der Waals surface area contributed by atoms with E-state index >= 15 is 0 Å². The number of hydrogen-bond acceptors (Lipinski definition) is 2. The molecule has 0 spiro atoms. The second-order valence-electron chi connectivity index (χ2n) is 5.22. The minimum atomic E-state index is -0.543. The van der Waals surface area contributed by atoms with Crippen molar-refractivity contribution in [1.82, 2.24) is 5.32 Å². The van der Waals surface area contributed by atoms with Crippen molar-refractivity contribution in [2.45, 2.75) is 27.2 Å². The first-order chi connectivity index (χ1) is 9.81. The van der Waals surface area contributed by atoms with Gasteiger partial charge in [-0.3, -0.25) is 9.59 Å². The Bertz CT molecular complexity index is 520. The highest BCUT2D eigenvalue weighted by Gasteiger charge is 2.15. The lowest BCUT2D eigenvalue weighted by Crippen LogP contribution is -2.34. The molecule has 0 atom stereocenters. The molecule has 0 heterocycles. The van der Waals surface area contributed by atoms with Gasteiger partial charge in [-0.15, -0.1) is 0 Å². The van der Waals surface area contributed by atoms with Crippen LogP contribution in [0.4, 0.5) is 10.1 Å². The van der Waals surface area contributed by atoms with Gasteiger partial charge in [0.05, 0.1) is 5.02 Å². The van der Waals surface area contributed by atoms with Crippen LogP contribution in [0.15, 0.2) is 18.2 Å². The molecule has 4 nitrogen and oxygen atoms in total. The summed E-state index contributed by atoms with van der Waals surface area (Å²) in [6.07, 6.45) is 0.182. The lowest BCUT2D eigenvalue weighted by molar-refractivity contribution is -0.121. The predicted octanol–water partition coefficient (Wildman–Crippen LogP) is 2.99. The fourth-order valence-electron chi connectivity index (χ4n) is 1.74. The largest absolute Gasteiger partial charge is 0.356 e. The molecule has 0 fully saturated rings. The van der Waals surface area contributed by atoms with E-state index in [0.29, 0.717) is 18.2 Å². The van der Waals surface area contributed by atoms with E-state index in [-0.39, 0.29) is 29.8 Å². The Kier molecular flexibility index (Phi) is 6.62. The van der Waals surface area contributed by atoms with Crippen molar-refractivity contribution in [2.75, 3.05) is 18.0 Å². The molecule has 1 N–H and O–H groups in total. The number of hydrogen-bond donors (Lipinski definition) is 1. The third kappa shape index (κ3) is 5.71. The van der Waals surface area contributed by atoms with Crippen molar-refractivity contribution >= 4 is 29.1 Å². The highest BCUT2D eigenvalue weighted by Crippen LogP contribution is 2.23. The maximum atomic E-state index is 13.2. The van der Waals surface area contributed by atoms with Crippen molar-refractivity contribution in [3.63, 3.8) is 0 Å². The smallest absolute Gasteiger partial charge is 0.223 e. The van der Waals surface area contributed by atoms with Gasteiger partial charge in [-0.05, 0) is 24.1 Å². The maximum Gasteiger partial charge on any atom is 0.223 e. The molecule has 21 heavy (non-hydrogen) atoms. The van der Waals surface area contributed by atoms with Crippen LogP contribution in [-0.2, 0) is 9.59 Å². The summed E-state index contributed by atoms with van der Waals surface area (Å²) in [4.78, 5) is 24.8. The van der Waals surface area contributed by atoms with Gasteiger partial charge in [0, 0.05) is 32.1 Å². The molecule has 0 bridgehead atoms. The highest BCUT2D eigenvalue weighted by molar-refractivity contribution is 6.31. The quantitative estimate of drug-likeness (QED) is 0.877. The minimum absolute atomic E-state index is 0.0528. The molecule has 116 valence electrons. The minimum Gasteiger partial charge on any atom is -0.356 e. The lowest BCUT2D eigenvalue weighted by atomic mass is 10.2. The van der Waals surface area contributed by atoms with Crippen molar-refractivity contribution in [3.8, 4) is 0 Å². The second kappa shape index (κ2) is 7.98. The van der Waals surface area contributed by atoms with Crippen LogP contribution in [-0.4, -0.2) is 24.9 Å². The number of anilines is 1. The number of nitrogens with zero attached hydrogens (tertiary/aromatic N) is 1. The molecule has 0 saturated carbocycles. The van der Waals surface area contributed by atoms with Crippen molar-refractivity contribution < 1.29 is 14.0 Å². The van der Waals surface area contributed by atoms with E-state index < -0.39 is 5.82 Å². The average Bonchev–Trinajstić information content (AvgIpc) is 2.40. The predicted molar refractivity (Wildman–Crippen MR) is 81.9 cm³/mol. The Hall–Kier alpha value is -1.62. The topological polar surface area (TPSA) is 49.4 Å². The Balaban J connectivity index is 2.68. The number of rotatable bonds is 6. The molecule has 1 aromatic rings. The molecule has 6 heteroatoms. The fourth-order valence-corrected chi connectivity index (χ4v) is 1.92. The molecule has 0 unspecified atom stereocenters. The molecule has 1 aromatic carbocycles. The third-order valence-corrected chi connectivity index (χ3v) is 3.15. The van der Waals surface area contributed by atoms with Crippen LogP contribution in [0.25, 0.3) is 0 Å². The zero-order chi connectivity index (χ0) is 16.0. The van der Waals surface area contributed by atoms with E-state index in [4.69, 9.17) is 11.6 Å². The molecular weight excluding hydrogens is 295 g/mol. The molecule has 2 amide bonds. The number of nitrogens with one attached hydrogen (secondary N) is 1. The van der Waals surface area contributed by atoms with Crippen LogP contribution in [0, 0.1) is 11.7 Å².